The molecule has 0 bridgehead atoms. The first-order valence-corrected chi connectivity index (χ1v) is 6.64. The van der Waals surface area contributed by atoms with Crippen molar-refractivity contribution in [2.45, 2.75) is 12.5 Å². The predicted molar refractivity (Wildman–Crippen MR) is 77.9 cm³/mol. The van der Waals surface area contributed by atoms with E-state index < -0.39 is 11.9 Å². The van der Waals surface area contributed by atoms with Crippen LogP contribution in [0, 0.1) is 0 Å². The van der Waals surface area contributed by atoms with Crippen LogP contribution < -0.4 is 0 Å². The van der Waals surface area contributed by atoms with Gasteiger partial charge in [-0.3, -0.25) is 4.79 Å². The lowest BCUT2D eigenvalue weighted by molar-refractivity contribution is -0.140. The van der Waals surface area contributed by atoms with Gasteiger partial charge < -0.3 is 9.84 Å². The summed E-state index contributed by atoms with van der Waals surface area (Å²) in [6, 6.07) is 16.4. The van der Waals surface area contributed by atoms with Crippen LogP contribution in [0.4, 0.5) is 0 Å². The second-order valence-electron chi connectivity index (χ2n) is 4.44. The van der Waals surface area contributed by atoms with Crippen molar-refractivity contribution in [2.75, 3.05) is 6.61 Å². The fraction of sp³-hybridized carbons (Fsp3) is 0.188. The molecule has 1 unspecified atom stereocenters. The summed E-state index contributed by atoms with van der Waals surface area (Å²) in [6.45, 7) is 0.510. The lowest BCUT2D eigenvalue weighted by atomic mass is 10.0. The molecule has 2 aromatic rings. The minimum Gasteiger partial charge on any atom is -0.481 e. The average Bonchev–Trinajstić information content (AvgIpc) is 2.46. The van der Waals surface area contributed by atoms with Crippen LogP contribution in [0.2, 0.25) is 5.02 Å². The number of aliphatic carboxylic acids is 1. The van der Waals surface area contributed by atoms with E-state index in [1.165, 1.54) is 0 Å². The highest BCUT2D eigenvalue weighted by Gasteiger charge is 2.19. The minimum absolute atomic E-state index is 0.141. The second kappa shape index (κ2) is 7.08. The van der Waals surface area contributed by atoms with Crippen LogP contribution >= 0.6 is 11.6 Å². The van der Waals surface area contributed by atoms with Crippen LogP contribution in [0.25, 0.3) is 0 Å². The van der Waals surface area contributed by atoms with Crippen molar-refractivity contribution >= 4 is 17.6 Å². The van der Waals surface area contributed by atoms with E-state index in [9.17, 15) is 9.90 Å². The van der Waals surface area contributed by atoms with E-state index >= 15 is 0 Å². The number of carbonyl (C=O) groups is 1. The van der Waals surface area contributed by atoms with Gasteiger partial charge in [0.15, 0.2) is 0 Å². The van der Waals surface area contributed by atoms with Gasteiger partial charge in [-0.05, 0) is 23.3 Å². The molecule has 0 radical (unpaired) electrons. The molecule has 0 saturated carbocycles. The molecule has 0 aromatic heterocycles. The Morgan fingerprint density at radius 1 is 1.10 bits per heavy atom. The fourth-order valence-electron chi connectivity index (χ4n) is 1.87. The Labute approximate surface area is 122 Å². The number of carboxylic acids is 1. The van der Waals surface area contributed by atoms with E-state index in [1.807, 2.05) is 30.3 Å². The van der Waals surface area contributed by atoms with Crippen molar-refractivity contribution < 1.29 is 14.6 Å². The van der Waals surface area contributed by atoms with Crippen LogP contribution in [0.1, 0.15) is 17.0 Å². The molecule has 104 valence electrons. The van der Waals surface area contributed by atoms with Gasteiger partial charge in [0, 0.05) is 5.02 Å². The lowest BCUT2D eigenvalue weighted by Crippen LogP contribution is -2.17. The SMILES string of the molecule is O=C(O)C(COCc1ccc(Cl)cc1)c1ccccc1. The summed E-state index contributed by atoms with van der Waals surface area (Å²) in [5, 5.41) is 9.93. The van der Waals surface area contributed by atoms with Gasteiger partial charge in [0.25, 0.3) is 0 Å². The van der Waals surface area contributed by atoms with Gasteiger partial charge in [0.1, 0.15) is 5.92 Å². The molecule has 2 rings (SSSR count). The molecule has 1 atom stereocenters. The normalized spacial score (nSPS) is 12.1. The molecule has 1 N–H and O–H groups in total. The molecule has 0 heterocycles. The zero-order valence-corrected chi connectivity index (χ0v) is 11.6. The van der Waals surface area contributed by atoms with Crippen LogP contribution in [-0.4, -0.2) is 17.7 Å². The van der Waals surface area contributed by atoms with Crippen LogP contribution in [0.5, 0.6) is 0 Å². The molecule has 0 aliphatic heterocycles. The van der Waals surface area contributed by atoms with E-state index in [0.29, 0.717) is 11.6 Å². The quantitative estimate of drug-likeness (QED) is 0.882. The van der Waals surface area contributed by atoms with Gasteiger partial charge in [0.05, 0.1) is 13.2 Å². The molecule has 0 aliphatic rings. The minimum atomic E-state index is -0.882. The third kappa shape index (κ3) is 4.08. The van der Waals surface area contributed by atoms with Crippen molar-refractivity contribution in [1.29, 1.82) is 0 Å². The number of hydrogen-bond acceptors (Lipinski definition) is 2. The smallest absolute Gasteiger partial charge is 0.313 e. The first kappa shape index (κ1) is 14.6. The third-order valence-electron chi connectivity index (χ3n) is 2.97. The molecule has 0 amide bonds. The summed E-state index contributed by atoms with van der Waals surface area (Å²) >= 11 is 5.80. The van der Waals surface area contributed by atoms with E-state index in [-0.39, 0.29) is 6.61 Å². The number of rotatable bonds is 6. The van der Waals surface area contributed by atoms with E-state index in [4.69, 9.17) is 16.3 Å². The molecular weight excluding hydrogens is 276 g/mol. The zero-order valence-electron chi connectivity index (χ0n) is 10.8. The molecule has 2 aromatic carbocycles. The first-order chi connectivity index (χ1) is 9.66. The lowest BCUT2D eigenvalue weighted by Gasteiger charge is -2.13. The second-order valence-corrected chi connectivity index (χ2v) is 4.88. The van der Waals surface area contributed by atoms with Gasteiger partial charge >= 0.3 is 5.97 Å². The van der Waals surface area contributed by atoms with Crippen LogP contribution in [-0.2, 0) is 16.1 Å². The summed E-state index contributed by atoms with van der Waals surface area (Å²) in [6.07, 6.45) is 0. The highest BCUT2D eigenvalue weighted by Crippen LogP contribution is 2.17. The Kier molecular flexibility index (Phi) is 5.16. The van der Waals surface area contributed by atoms with Crippen LogP contribution in [0.15, 0.2) is 54.6 Å². The molecule has 20 heavy (non-hydrogen) atoms. The van der Waals surface area contributed by atoms with E-state index in [0.717, 1.165) is 11.1 Å². The van der Waals surface area contributed by atoms with E-state index in [1.54, 1.807) is 24.3 Å². The highest BCUT2D eigenvalue weighted by atomic mass is 35.5. The first-order valence-electron chi connectivity index (χ1n) is 6.27. The summed E-state index contributed by atoms with van der Waals surface area (Å²) in [5.74, 6) is -1.53. The van der Waals surface area contributed by atoms with Crippen molar-refractivity contribution in [1.82, 2.24) is 0 Å². The Morgan fingerprint density at radius 2 is 1.75 bits per heavy atom. The number of hydrogen-bond donors (Lipinski definition) is 1. The topological polar surface area (TPSA) is 46.5 Å². The molecule has 3 nitrogen and oxygen atoms in total. The monoisotopic (exact) mass is 290 g/mol. The average molecular weight is 291 g/mol. The third-order valence-corrected chi connectivity index (χ3v) is 3.22. The standard InChI is InChI=1S/C16H15ClO3/c17-14-8-6-12(7-9-14)10-20-11-15(16(18)19)13-4-2-1-3-5-13/h1-9,15H,10-11H2,(H,18,19). The number of benzene rings is 2. The van der Waals surface area contributed by atoms with Crippen molar-refractivity contribution in [3.05, 3.63) is 70.7 Å². The van der Waals surface area contributed by atoms with Gasteiger partial charge in [0.2, 0.25) is 0 Å². The fourth-order valence-corrected chi connectivity index (χ4v) is 2.00. The highest BCUT2D eigenvalue weighted by molar-refractivity contribution is 6.30. The van der Waals surface area contributed by atoms with Crippen molar-refractivity contribution in [3.63, 3.8) is 0 Å². The van der Waals surface area contributed by atoms with Crippen LogP contribution in [0.3, 0.4) is 0 Å². The predicted octanol–water partition coefficient (Wildman–Crippen LogP) is 3.73. The number of ether oxygens (including phenoxy) is 1. The number of halogens is 1. The van der Waals surface area contributed by atoms with Gasteiger partial charge in [-0.2, -0.15) is 0 Å². The maximum atomic E-state index is 11.3. The van der Waals surface area contributed by atoms with Crippen molar-refractivity contribution in [2.24, 2.45) is 0 Å². The van der Waals surface area contributed by atoms with Crippen molar-refractivity contribution in [3.8, 4) is 0 Å². The largest absolute Gasteiger partial charge is 0.481 e. The molecule has 0 fully saturated rings. The molecule has 0 spiro atoms. The molecule has 0 saturated heterocycles. The number of carboxylic acid groups (broad SMARTS) is 1. The summed E-state index contributed by atoms with van der Waals surface area (Å²) in [7, 11) is 0. The molecule has 0 aliphatic carbocycles. The Morgan fingerprint density at radius 3 is 2.35 bits per heavy atom. The Hall–Kier alpha value is -1.84. The van der Waals surface area contributed by atoms with Gasteiger partial charge in [-0.15, -0.1) is 0 Å². The summed E-state index contributed by atoms with van der Waals surface area (Å²) in [5.41, 5.74) is 1.71. The molecule has 4 heteroatoms. The maximum absolute atomic E-state index is 11.3. The Bertz CT molecular complexity index is 552. The Balaban J connectivity index is 1.93. The van der Waals surface area contributed by atoms with Gasteiger partial charge in [-0.1, -0.05) is 54.1 Å². The summed E-state index contributed by atoms with van der Waals surface area (Å²) in [4.78, 5) is 11.3. The zero-order chi connectivity index (χ0) is 14.4. The maximum Gasteiger partial charge on any atom is 0.313 e. The summed E-state index contributed by atoms with van der Waals surface area (Å²) < 4.78 is 5.51. The van der Waals surface area contributed by atoms with Gasteiger partial charge in [-0.25, -0.2) is 0 Å². The van der Waals surface area contributed by atoms with E-state index in [2.05, 4.69) is 0 Å². The molecular formula is C16H15ClO3.